The maximum Gasteiger partial charge on any atom is 0.412 e. The molecule has 1 heterocycles. The van der Waals surface area contributed by atoms with Gasteiger partial charge in [0.1, 0.15) is 13.3 Å². The van der Waals surface area contributed by atoms with E-state index < -0.39 is 6.09 Å². The molecule has 2 aromatic rings. The van der Waals surface area contributed by atoms with Gasteiger partial charge in [-0.2, -0.15) is 0 Å². The van der Waals surface area contributed by atoms with E-state index in [1.807, 2.05) is 60.7 Å². The second-order valence-corrected chi connectivity index (χ2v) is 8.55. The van der Waals surface area contributed by atoms with Crippen LogP contribution in [0.2, 0.25) is 0 Å². The average Bonchev–Trinajstić information content (AvgIpc) is 2.81. The van der Waals surface area contributed by atoms with Gasteiger partial charge in [-0.3, -0.25) is 4.90 Å². The van der Waals surface area contributed by atoms with Crippen molar-refractivity contribution in [1.82, 2.24) is 4.90 Å². The van der Waals surface area contributed by atoms with Crippen molar-refractivity contribution in [3.8, 4) is 0 Å². The van der Waals surface area contributed by atoms with Crippen molar-refractivity contribution in [2.45, 2.75) is 59.7 Å². The molecule has 168 valence electrons. The van der Waals surface area contributed by atoms with Crippen LogP contribution in [0.5, 0.6) is 0 Å². The highest BCUT2D eigenvalue weighted by molar-refractivity contribution is 5.67. The first-order valence-corrected chi connectivity index (χ1v) is 11.3. The monoisotopic (exact) mass is 425 g/mol. The summed E-state index contributed by atoms with van der Waals surface area (Å²) in [5.74, 6) is 1.21. The summed E-state index contributed by atoms with van der Waals surface area (Å²) in [7, 11) is 0. The van der Waals surface area contributed by atoms with E-state index in [0.29, 0.717) is 18.4 Å². The summed E-state index contributed by atoms with van der Waals surface area (Å²) in [6.07, 6.45) is 0.384. The molecule has 0 aliphatic carbocycles. The Kier molecular flexibility index (Phi) is 8.50. The molecule has 0 bridgehead atoms. The van der Waals surface area contributed by atoms with Gasteiger partial charge in [0.05, 0.1) is 12.6 Å². The van der Waals surface area contributed by atoms with Gasteiger partial charge < -0.3 is 14.2 Å². The maximum absolute atomic E-state index is 12.9. The zero-order chi connectivity index (χ0) is 22.2. The molecular weight excluding hydrogens is 390 g/mol. The third-order valence-electron chi connectivity index (χ3n) is 6.46. The van der Waals surface area contributed by atoms with E-state index in [9.17, 15) is 4.79 Å². The molecule has 1 aliphatic rings. The molecule has 1 amide bonds. The molecule has 0 saturated carbocycles. The van der Waals surface area contributed by atoms with Crippen molar-refractivity contribution >= 4 is 6.09 Å². The lowest BCUT2D eigenvalue weighted by atomic mass is 9.78. The molecule has 1 aliphatic heterocycles. The third-order valence-corrected chi connectivity index (χ3v) is 6.46. The standard InChI is InChI=1S/C26H35NO4/c1-5-24-20(3)19(2)21(4)25(31-24)30-18-27(16-22-12-8-6-9-13-22)26(28)29-17-23-14-10-7-11-15-23/h6-15,19-21,24-25H,5,16-18H2,1-4H3/t19-,20-,21?,24?,25+/m0/s1. The number of rotatable bonds is 8. The summed E-state index contributed by atoms with van der Waals surface area (Å²) in [5, 5.41) is 0. The summed E-state index contributed by atoms with van der Waals surface area (Å²) in [6.45, 7) is 9.57. The molecule has 5 atom stereocenters. The Bertz CT molecular complexity index is 796. The number of benzene rings is 2. The van der Waals surface area contributed by atoms with E-state index in [1.54, 1.807) is 4.90 Å². The van der Waals surface area contributed by atoms with Gasteiger partial charge >= 0.3 is 6.09 Å². The first kappa shape index (κ1) is 23.3. The van der Waals surface area contributed by atoms with E-state index in [4.69, 9.17) is 14.2 Å². The molecule has 5 heteroatoms. The first-order valence-electron chi connectivity index (χ1n) is 11.3. The lowest BCUT2D eigenvalue weighted by Gasteiger charge is -2.43. The fourth-order valence-corrected chi connectivity index (χ4v) is 4.09. The van der Waals surface area contributed by atoms with E-state index in [2.05, 4.69) is 27.7 Å². The molecule has 2 aromatic carbocycles. The topological polar surface area (TPSA) is 48.0 Å². The van der Waals surface area contributed by atoms with Gasteiger partial charge in [-0.15, -0.1) is 0 Å². The number of hydrogen-bond acceptors (Lipinski definition) is 4. The van der Waals surface area contributed by atoms with Crippen LogP contribution in [-0.4, -0.2) is 30.1 Å². The average molecular weight is 426 g/mol. The van der Waals surface area contributed by atoms with E-state index in [1.165, 1.54) is 0 Å². The maximum atomic E-state index is 12.9. The molecule has 0 spiro atoms. The van der Waals surface area contributed by atoms with E-state index in [0.717, 1.165) is 17.5 Å². The second kappa shape index (κ2) is 11.3. The molecule has 0 radical (unpaired) electrons. The SMILES string of the molecule is CCC1O[C@@H](OCN(Cc2ccccc2)C(=O)OCc2ccccc2)C(C)[C@@H](C)[C@@H]1C. The largest absolute Gasteiger partial charge is 0.444 e. The van der Waals surface area contributed by atoms with Crippen LogP contribution in [0.4, 0.5) is 4.79 Å². The molecule has 1 fully saturated rings. The highest BCUT2D eigenvalue weighted by Gasteiger charge is 2.39. The van der Waals surface area contributed by atoms with Crippen molar-refractivity contribution in [3.63, 3.8) is 0 Å². The van der Waals surface area contributed by atoms with Gasteiger partial charge in [0.2, 0.25) is 0 Å². The highest BCUT2D eigenvalue weighted by Crippen LogP contribution is 2.36. The van der Waals surface area contributed by atoms with E-state index >= 15 is 0 Å². The second-order valence-electron chi connectivity index (χ2n) is 8.55. The number of amides is 1. The summed E-state index contributed by atoms with van der Waals surface area (Å²) in [6, 6.07) is 19.6. The minimum Gasteiger partial charge on any atom is -0.444 e. The third kappa shape index (κ3) is 6.31. The van der Waals surface area contributed by atoms with Crippen LogP contribution in [0.25, 0.3) is 0 Å². The smallest absolute Gasteiger partial charge is 0.412 e. The molecule has 0 N–H and O–H groups in total. The molecule has 1 saturated heterocycles. The lowest BCUT2D eigenvalue weighted by Crippen LogP contribution is -2.47. The van der Waals surface area contributed by atoms with Crippen LogP contribution < -0.4 is 0 Å². The van der Waals surface area contributed by atoms with Crippen LogP contribution >= 0.6 is 0 Å². The Hall–Kier alpha value is -2.37. The van der Waals surface area contributed by atoms with E-state index in [-0.39, 0.29) is 31.6 Å². The zero-order valence-corrected chi connectivity index (χ0v) is 19.1. The van der Waals surface area contributed by atoms with Crippen molar-refractivity contribution < 1.29 is 19.0 Å². The Labute approximate surface area is 186 Å². The molecule has 2 unspecified atom stereocenters. The Morgan fingerprint density at radius 1 is 0.903 bits per heavy atom. The molecule has 0 aromatic heterocycles. The number of hydrogen-bond donors (Lipinski definition) is 0. The number of carbonyl (C=O) groups excluding carboxylic acids is 1. The molecular formula is C26H35NO4. The predicted molar refractivity (Wildman–Crippen MR) is 121 cm³/mol. The Morgan fingerprint density at radius 3 is 2.13 bits per heavy atom. The van der Waals surface area contributed by atoms with Crippen molar-refractivity contribution in [2.75, 3.05) is 6.73 Å². The minimum atomic E-state index is -0.398. The van der Waals surface area contributed by atoms with Crippen molar-refractivity contribution in [2.24, 2.45) is 17.8 Å². The fourth-order valence-electron chi connectivity index (χ4n) is 4.09. The van der Waals surface area contributed by atoms with Crippen LogP contribution in [-0.2, 0) is 27.4 Å². The first-order chi connectivity index (χ1) is 15.0. The molecule has 5 nitrogen and oxygen atoms in total. The highest BCUT2D eigenvalue weighted by atomic mass is 16.7. The van der Waals surface area contributed by atoms with Gasteiger partial charge in [0.15, 0.2) is 6.29 Å². The van der Waals surface area contributed by atoms with Gasteiger partial charge in [0.25, 0.3) is 0 Å². The summed E-state index contributed by atoms with van der Waals surface area (Å²) < 4.78 is 18.0. The van der Waals surface area contributed by atoms with Gasteiger partial charge in [-0.25, -0.2) is 4.79 Å². The van der Waals surface area contributed by atoms with Gasteiger partial charge in [-0.1, -0.05) is 88.4 Å². The van der Waals surface area contributed by atoms with Crippen molar-refractivity contribution in [1.29, 1.82) is 0 Å². The van der Waals surface area contributed by atoms with Crippen molar-refractivity contribution in [3.05, 3.63) is 71.8 Å². The van der Waals surface area contributed by atoms with Crippen LogP contribution in [0.3, 0.4) is 0 Å². The lowest BCUT2D eigenvalue weighted by molar-refractivity contribution is -0.258. The fraction of sp³-hybridized carbons (Fsp3) is 0.500. The zero-order valence-electron chi connectivity index (χ0n) is 19.1. The predicted octanol–water partition coefficient (Wildman–Crippen LogP) is 5.84. The van der Waals surface area contributed by atoms with Crippen LogP contribution in [0.1, 0.15) is 45.2 Å². The Balaban J connectivity index is 1.65. The summed E-state index contributed by atoms with van der Waals surface area (Å²) >= 11 is 0. The number of ether oxygens (including phenoxy) is 3. The summed E-state index contributed by atoms with van der Waals surface area (Å²) in [4.78, 5) is 14.5. The normalized spacial score (nSPS) is 25.7. The Morgan fingerprint density at radius 2 is 1.52 bits per heavy atom. The van der Waals surface area contributed by atoms with Crippen LogP contribution in [0.15, 0.2) is 60.7 Å². The van der Waals surface area contributed by atoms with Crippen LogP contribution in [0, 0.1) is 17.8 Å². The number of nitrogens with zero attached hydrogens (tertiary/aromatic N) is 1. The minimum absolute atomic E-state index is 0.120. The van der Waals surface area contributed by atoms with Gasteiger partial charge in [0, 0.05) is 5.92 Å². The van der Waals surface area contributed by atoms with Gasteiger partial charge in [-0.05, 0) is 29.4 Å². The molecule has 3 rings (SSSR count). The quantitative estimate of drug-likeness (QED) is 0.498. The molecule has 31 heavy (non-hydrogen) atoms. The number of carbonyl (C=O) groups is 1. The summed E-state index contributed by atoms with van der Waals surface area (Å²) in [5.41, 5.74) is 1.98.